The highest BCUT2D eigenvalue weighted by atomic mass is 16.5. The lowest BCUT2D eigenvalue weighted by Gasteiger charge is -2.36. The maximum atomic E-state index is 12.4. The van der Waals surface area contributed by atoms with Crippen LogP contribution in [0.1, 0.15) is 30.5 Å². The number of ether oxygens (including phenoxy) is 1. The lowest BCUT2D eigenvalue weighted by molar-refractivity contribution is -0.133. The van der Waals surface area contributed by atoms with Crippen molar-refractivity contribution in [1.82, 2.24) is 15.1 Å². The summed E-state index contributed by atoms with van der Waals surface area (Å²) in [4.78, 5) is 28.6. The molecule has 6 heteroatoms. The normalized spacial score (nSPS) is 20.8. The van der Waals surface area contributed by atoms with Crippen LogP contribution in [0.25, 0.3) is 0 Å². The Balaban J connectivity index is 1.57. The van der Waals surface area contributed by atoms with Gasteiger partial charge >= 0.3 is 0 Å². The van der Waals surface area contributed by atoms with Crippen molar-refractivity contribution in [3.8, 4) is 0 Å². The Morgan fingerprint density at radius 1 is 1.20 bits per heavy atom. The van der Waals surface area contributed by atoms with E-state index in [-0.39, 0.29) is 17.9 Å². The van der Waals surface area contributed by atoms with Gasteiger partial charge in [0, 0.05) is 39.6 Å². The molecule has 0 spiro atoms. The van der Waals surface area contributed by atoms with Crippen molar-refractivity contribution in [3.63, 3.8) is 0 Å². The molecule has 1 aromatic rings. The molecule has 6 nitrogen and oxygen atoms in total. The van der Waals surface area contributed by atoms with E-state index >= 15 is 0 Å². The first kappa shape index (κ1) is 17.9. The highest BCUT2D eigenvalue weighted by Gasteiger charge is 2.30. The van der Waals surface area contributed by atoms with Crippen LogP contribution in [0.5, 0.6) is 0 Å². The lowest BCUT2D eigenvalue weighted by Crippen LogP contribution is -2.43. The van der Waals surface area contributed by atoms with E-state index in [9.17, 15) is 9.59 Å². The number of hydrogen-bond donors (Lipinski definition) is 1. The number of rotatable bonds is 5. The van der Waals surface area contributed by atoms with Crippen LogP contribution in [0.2, 0.25) is 0 Å². The van der Waals surface area contributed by atoms with Crippen molar-refractivity contribution in [2.75, 3.05) is 45.9 Å². The fourth-order valence-corrected chi connectivity index (χ4v) is 3.67. The van der Waals surface area contributed by atoms with E-state index < -0.39 is 0 Å². The average Bonchev–Trinajstić information content (AvgIpc) is 2.62. The second kappa shape index (κ2) is 8.45. The number of carbonyl (C=O) groups is 2. The first-order chi connectivity index (χ1) is 12.1. The summed E-state index contributed by atoms with van der Waals surface area (Å²) in [6.07, 6.45) is 1.17. The minimum absolute atomic E-state index is 0.00112. The fraction of sp³-hybridized carbons (Fsp3) is 0.579. The van der Waals surface area contributed by atoms with Gasteiger partial charge in [0.05, 0.1) is 25.7 Å². The second-order valence-electron chi connectivity index (χ2n) is 6.69. The Labute approximate surface area is 149 Å². The molecule has 1 aromatic carbocycles. The van der Waals surface area contributed by atoms with Crippen LogP contribution in [0.4, 0.5) is 0 Å². The van der Waals surface area contributed by atoms with E-state index in [2.05, 4.69) is 16.3 Å². The highest BCUT2D eigenvalue weighted by molar-refractivity contribution is 5.79. The number of fused-ring (bicyclic) bond motifs is 1. The third-order valence-electron chi connectivity index (χ3n) is 5.05. The van der Waals surface area contributed by atoms with E-state index in [1.807, 2.05) is 23.1 Å². The lowest BCUT2D eigenvalue weighted by atomic mass is 9.90. The zero-order valence-corrected chi connectivity index (χ0v) is 14.9. The summed E-state index contributed by atoms with van der Waals surface area (Å²) in [7, 11) is 0. The van der Waals surface area contributed by atoms with Crippen LogP contribution in [0.3, 0.4) is 0 Å². The summed E-state index contributed by atoms with van der Waals surface area (Å²) >= 11 is 0. The van der Waals surface area contributed by atoms with Gasteiger partial charge in [0.1, 0.15) is 0 Å². The summed E-state index contributed by atoms with van der Waals surface area (Å²) in [5.74, 6) is 0.0295. The summed E-state index contributed by atoms with van der Waals surface area (Å²) < 4.78 is 5.33. The SMILES string of the molecule is CC(=O)N1CCc2ccccc2C1CC(=O)NCCN1CCOCC1. The first-order valence-electron chi connectivity index (χ1n) is 9.07. The molecule has 2 aliphatic heterocycles. The molecule has 25 heavy (non-hydrogen) atoms. The van der Waals surface area contributed by atoms with Crippen molar-refractivity contribution in [2.45, 2.75) is 25.8 Å². The minimum atomic E-state index is -0.161. The molecule has 0 saturated carbocycles. The zero-order valence-electron chi connectivity index (χ0n) is 14.9. The Hall–Kier alpha value is -1.92. The van der Waals surface area contributed by atoms with E-state index in [0.717, 1.165) is 44.8 Å². The smallest absolute Gasteiger partial charge is 0.222 e. The van der Waals surface area contributed by atoms with Crippen LogP contribution in [0.15, 0.2) is 24.3 Å². The van der Waals surface area contributed by atoms with Crippen LogP contribution in [0, 0.1) is 0 Å². The second-order valence-corrected chi connectivity index (χ2v) is 6.69. The van der Waals surface area contributed by atoms with E-state index in [0.29, 0.717) is 19.5 Å². The van der Waals surface area contributed by atoms with Gasteiger partial charge in [-0.3, -0.25) is 14.5 Å². The predicted molar refractivity (Wildman–Crippen MR) is 95.2 cm³/mol. The van der Waals surface area contributed by atoms with Crippen LogP contribution < -0.4 is 5.32 Å². The van der Waals surface area contributed by atoms with Crippen LogP contribution in [-0.4, -0.2) is 67.6 Å². The first-order valence-corrected chi connectivity index (χ1v) is 9.07. The molecule has 136 valence electrons. The molecule has 1 atom stereocenters. The largest absolute Gasteiger partial charge is 0.379 e. The topological polar surface area (TPSA) is 61.9 Å². The number of nitrogens with one attached hydrogen (secondary N) is 1. The fourth-order valence-electron chi connectivity index (χ4n) is 3.67. The van der Waals surface area contributed by atoms with Gasteiger partial charge in [0.25, 0.3) is 0 Å². The van der Waals surface area contributed by atoms with Gasteiger partial charge in [0.2, 0.25) is 11.8 Å². The summed E-state index contributed by atoms with van der Waals surface area (Å²) in [6, 6.07) is 7.96. The minimum Gasteiger partial charge on any atom is -0.379 e. The summed E-state index contributed by atoms with van der Waals surface area (Å²) in [6.45, 7) is 7.10. The zero-order chi connectivity index (χ0) is 17.6. The Kier molecular flexibility index (Phi) is 6.04. The number of morpholine rings is 1. The average molecular weight is 345 g/mol. The van der Waals surface area contributed by atoms with Gasteiger partial charge in [-0.05, 0) is 17.5 Å². The number of amides is 2. The van der Waals surface area contributed by atoms with Gasteiger partial charge in [-0.25, -0.2) is 0 Å². The van der Waals surface area contributed by atoms with E-state index in [1.165, 1.54) is 5.56 Å². The number of nitrogens with zero attached hydrogens (tertiary/aromatic N) is 2. The standard InChI is InChI=1S/C19H27N3O3/c1-15(23)22-8-6-16-4-2-3-5-17(16)18(22)14-19(24)20-7-9-21-10-12-25-13-11-21/h2-5,18H,6-14H2,1H3,(H,20,24). The van der Waals surface area contributed by atoms with Crippen molar-refractivity contribution in [3.05, 3.63) is 35.4 Å². The Morgan fingerprint density at radius 2 is 1.96 bits per heavy atom. The molecule has 2 amide bonds. The van der Waals surface area contributed by atoms with Crippen LogP contribution in [-0.2, 0) is 20.7 Å². The van der Waals surface area contributed by atoms with Gasteiger partial charge < -0.3 is 15.0 Å². The number of benzene rings is 1. The van der Waals surface area contributed by atoms with Gasteiger partial charge in [-0.2, -0.15) is 0 Å². The molecule has 1 fully saturated rings. The molecule has 0 bridgehead atoms. The monoisotopic (exact) mass is 345 g/mol. The molecule has 0 radical (unpaired) electrons. The molecular formula is C19H27N3O3. The summed E-state index contributed by atoms with van der Waals surface area (Å²) in [5, 5.41) is 3.01. The van der Waals surface area contributed by atoms with Gasteiger partial charge in [0.15, 0.2) is 0 Å². The predicted octanol–water partition coefficient (Wildman–Crippen LogP) is 0.971. The molecule has 2 aliphatic rings. The molecule has 2 heterocycles. The highest BCUT2D eigenvalue weighted by Crippen LogP contribution is 2.32. The summed E-state index contributed by atoms with van der Waals surface area (Å²) in [5.41, 5.74) is 2.35. The molecule has 0 aliphatic carbocycles. The molecule has 1 saturated heterocycles. The third kappa shape index (κ3) is 4.58. The van der Waals surface area contributed by atoms with Gasteiger partial charge in [-0.1, -0.05) is 24.3 Å². The molecular weight excluding hydrogens is 318 g/mol. The maximum absolute atomic E-state index is 12.4. The van der Waals surface area contributed by atoms with Crippen molar-refractivity contribution >= 4 is 11.8 Å². The van der Waals surface area contributed by atoms with Crippen molar-refractivity contribution < 1.29 is 14.3 Å². The van der Waals surface area contributed by atoms with Crippen molar-refractivity contribution in [2.24, 2.45) is 0 Å². The van der Waals surface area contributed by atoms with Crippen LogP contribution >= 0.6 is 0 Å². The molecule has 3 rings (SSSR count). The Bertz CT molecular complexity index is 614. The molecule has 1 N–H and O–H groups in total. The molecule has 1 unspecified atom stereocenters. The maximum Gasteiger partial charge on any atom is 0.222 e. The van der Waals surface area contributed by atoms with Crippen molar-refractivity contribution in [1.29, 1.82) is 0 Å². The van der Waals surface area contributed by atoms with E-state index in [4.69, 9.17) is 4.74 Å². The Morgan fingerprint density at radius 3 is 2.72 bits per heavy atom. The third-order valence-corrected chi connectivity index (χ3v) is 5.05. The van der Waals surface area contributed by atoms with E-state index in [1.54, 1.807) is 6.92 Å². The molecule has 0 aromatic heterocycles. The number of carbonyl (C=O) groups excluding carboxylic acids is 2. The van der Waals surface area contributed by atoms with Gasteiger partial charge in [-0.15, -0.1) is 0 Å². The number of hydrogen-bond acceptors (Lipinski definition) is 4. The quantitative estimate of drug-likeness (QED) is 0.864.